The molecule has 1 heterocycles. The molecule has 0 saturated heterocycles. The molecule has 0 saturated carbocycles. The molecule has 1 unspecified atom stereocenters. The zero-order valence-corrected chi connectivity index (χ0v) is 14.3. The molecule has 0 spiro atoms. The van der Waals surface area contributed by atoms with E-state index in [0.29, 0.717) is 17.2 Å². The van der Waals surface area contributed by atoms with Crippen molar-refractivity contribution in [2.75, 3.05) is 6.61 Å². The fourth-order valence-electron chi connectivity index (χ4n) is 2.90. The Balaban J connectivity index is 1.91. The van der Waals surface area contributed by atoms with Crippen LogP contribution in [0.25, 0.3) is 0 Å². The van der Waals surface area contributed by atoms with Gasteiger partial charge in [0, 0.05) is 5.25 Å². The molecule has 0 amide bonds. The van der Waals surface area contributed by atoms with Crippen LogP contribution in [-0.4, -0.2) is 17.6 Å². The second kappa shape index (κ2) is 7.50. The number of carbonyl (C=O) groups is 1. The van der Waals surface area contributed by atoms with E-state index in [0.717, 1.165) is 19.3 Å². The number of nitriles is 1. The number of carbonyl (C=O) groups excluding carboxylic acids is 1. The first-order chi connectivity index (χ1) is 11.7. The third-order valence-electron chi connectivity index (χ3n) is 4.03. The average molecular weight is 338 g/mol. The van der Waals surface area contributed by atoms with Crippen LogP contribution < -0.4 is 0 Å². The zero-order chi connectivity index (χ0) is 16.9. The number of hydrogen-bond acceptors (Lipinski definition) is 5. The molecule has 0 aliphatic heterocycles. The molecule has 1 aliphatic rings. The highest BCUT2D eigenvalue weighted by atomic mass is 32.2. The number of thioether (sulfide) groups is 1. The van der Waals surface area contributed by atoms with E-state index in [-0.39, 0.29) is 10.9 Å². The third-order valence-corrected chi connectivity index (χ3v) is 5.34. The minimum atomic E-state index is -0.451. The van der Waals surface area contributed by atoms with E-state index in [1.54, 1.807) is 30.8 Å². The summed E-state index contributed by atoms with van der Waals surface area (Å²) >= 11 is 1.57. The number of aromatic nitrogens is 1. The molecule has 4 nitrogen and oxygen atoms in total. The van der Waals surface area contributed by atoms with Gasteiger partial charge in [0.25, 0.3) is 0 Å². The number of benzene rings is 1. The van der Waals surface area contributed by atoms with Crippen molar-refractivity contribution >= 4 is 17.7 Å². The summed E-state index contributed by atoms with van der Waals surface area (Å²) in [6.45, 7) is 2.06. The lowest BCUT2D eigenvalue weighted by molar-refractivity contribution is 0.0518. The second-order valence-corrected chi connectivity index (χ2v) is 6.77. The van der Waals surface area contributed by atoms with Gasteiger partial charge in [0.15, 0.2) is 0 Å². The Hall–Kier alpha value is -2.32. The van der Waals surface area contributed by atoms with E-state index in [9.17, 15) is 10.1 Å². The van der Waals surface area contributed by atoms with Crippen LogP contribution in [0.15, 0.2) is 41.4 Å². The summed E-state index contributed by atoms with van der Waals surface area (Å²) < 4.78 is 5.01. The van der Waals surface area contributed by atoms with Crippen molar-refractivity contribution < 1.29 is 9.53 Å². The SMILES string of the molecule is CCOC(=O)c1ccc(C#N)c(SC2CCCc3ccccc32)n1. The topological polar surface area (TPSA) is 63.0 Å². The quantitative estimate of drug-likeness (QED) is 0.778. The maximum absolute atomic E-state index is 11.9. The number of nitrogens with zero attached hydrogens (tertiary/aromatic N) is 2. The second-order valence-electron chi connectivity index (χ2n) is 5.58. The molecular weight excluding hydrogens is 320 g/mol. The summed E-state index contributed by atoms with van der Waals surface area (Å²) in [7, 11) is 0. The standard InChI is InChI=1S/C19H18N2O2S/c1-2-23-19(22)16-11-10-14(12-20)18(21-16)24-17-9-5-7-13-6-3-4-8-15(13)17/h3-4,6,8,10-11,17H,2,5,7,9H2,1H3. The van der Waals surface area contributed by atoms with Gasteiger partial charge in [-0.1, -0.05) is 36.0 Å². The van der Waals surface area contributed by atoms with Gasteiger partial charge in [-0.05, 0) is 49.4 Å². The van der Waals surface area contributed by atoms with Crippen molar-refractivity contribution in [3.63, 3.8) is 0 Å². The number of aryl methyl sites for hydroxylation is 1. The molecule has 0 fully saturated rings. The van der Waals surface area contributed by atoms with Gasteiger partial charge in [0.05, 0.1) is 12.2 Å². The van der Waals surface area contributed by atoms with Crippen molar-refractivity contribution in [1.82, 2.24) is 4.98 Å². The Morgan fingerprint density at radius 3 is 3.00 bits per heavy atom. The highest BCUT2D eigenvalue weighted by molar-refractivity contribution is 7.99. The third kappa shape index (κ3) is 3.44. The van der Waals surface area contributed by atoms with Crippen LogP contribution >= 0.6 is 11.8 Å². The first kappa shape index (κ1) is 16.5. The van der Waals surface area contributed by atoms with Gasteiger partial charge >= 0.3 is 5.97 Å². The van der Waals surface area contributed by atoms with Crippen molar-refractivity contribution in [1.29, 1.82) is 5.26 Å². The number of hydrogen-bond donors (Lipinski definition) is 0. The van der Waals surface area contributed by atoms with E-state index in [4.69, 9.17) is 4.74 Å². The minimum Gasteiger partial charge on any atom is -0.461 e. The smallest absolute Gasteiger partial charge is 0.356 e. The van der Waals surface area contributed by atoms with Crippen LogP contribution in [0.1, 0.15) is 52.2 Å². The first-order valence-electron chi connectivity index (χ1n) is 8.05. The predicted octanol–water partition coefficient (Wildman–Crippen LogP) is 4.30. The van der Waals surface area contributed by atoms with Crippen LogP contribution in [0.2, 0.25) is 0 Å². The molecule has 0 N–H and O–H groups in total. The highest BCUT2D eigenvalue weighted by Crippen LogP contribution is 2.43. The van der Waals surface area contributed by atoms with Crippen LogP contribution in [0.5, 0.6) is 0 Å². The molecule has 1 aliphatic carbocycles. The molecule has 122 valence electrons. The van der Waals surface area contributed by atoms with Crippen LogP contribution in [0, 0.1) is 11.3 Å². The number of pyridine rings is 1. The molecule has 0 bridgehead atoms. The summed E-state index contributed by atoms with van der Waals surface area (Å²) in [4.78, 5) is 16.3. The monoisotopic (exact) mass is 338 g/mol. The molecule has 5 heteroatoms. The van der Waals surface area contributed by atoms with E-state index in [2.05, 4.69) is 29.3 Å². The summed E-state index contributed by atoms with van der Waals surface area (Å²) in [5.41, 5.74) is 3.42. The maximum atomic E-state index is 11.9. The van der Waals surface area contributed by atoms with Crippen molar-refractivity contribution in [2.24, 2.45) is 0 Å². The molecule has 1 atom stereocenters. The molecular formula is C19H18N2O2S. The number of ether oxygens (including phenoxy) is 1. The molecule has 0 radical (unpaired) electrons. The summed E-state index contributed by atoms with van der Waals surface area (Å²) in [6.07, 6.45) is 3.25. The first-order valence-corrected chi connectivity index (χ1v) is 8.93. The Labute approximate surface area is 145 Å². The Morgan fingerprint density at radius 2 is 2.21 bits per heavy atom. The summed E-state index contributed by atoms with van der Waals surface area (Å²) in [6, 6.07) is 13.8. The van der Waals surface area contributed by atoms with E-state index < -0.39 is 5.97 Å². The molecule has 1 aromatic carbocycles. The summed E-state index contributed by atoms with van der Waals surface area (Å²) in [5.74, 6) is -0.451. The van der Waals surface area contributed by atoms with Gasteiger partial charge in [-0.3, -0.25) is 0 Å². The minimum absolute atomic E-state index is 0.252. The molecule has 24 heavy (non-hydrogen) atoms. The normalized spacial score (nSPS) is 16.1. The van der Waals surface area contributed by atoms with Gasteiger partial charge in [0.1, 0.15) is 16.8 Å². The summed E-state index contributed by atoms with van der Waals surface area (Å²) in [5, 5.41) is 10.2. The fraction of sp³-hybridized carbons (Fsp3) is 0.316. The molecule has 2 aromatic rings. The van der Waals surface area contributed by atoms with E-state index in [1.807, 2.05) is 6.07 Å². The molecule has 1 aromatic heterocycles. The lowest BCUT2D eigenvalue weighted by atomic mass is 9.91. The van der Waals surface area contributed by atoms with E-state index >= 15 is 0 Å². The fourth-order valence-corrected chi connectivity index (χ4v) is 4.20. The maximum Gasteiger partial charge on any atom is 0.356 e. The largest absolute Gasteiger partial charge is 0.461 e. The van der Waals surface area contributed by atoms with Gasteiger partial charge < -0.3 is 4.74 Å². The number of rotatable bonds is 4. The van der Waals surface area contributed by atoms with Crippen LogP contribution in [0.3, 0.4) is 0 Å². The van der Waals surface area contributed by atoms with Crippen molar-refractivity contribution in [2.45, 2.75) is 36.5 Å². The van der Waals surface area contributed by atoms with Crippen molar-refractivity contribution in [3.8, 4) is 6.07 Å². The van der Waals surface area contributed by atoms with Gasteiger partial charge in [-0.25, -0.2) is 9.78 Å². The Morgan fingerprint density at radius 1 is 1.38 bits per heavy atom. The van der Waals surface area contributed by atoms with Gasteiger partial charge in [0.2, 0.25) is 0 Å². The Bertz CT molecular complexity index is 798. The Kier molecular flexibility index (Phi) is 5.17. The molecule has 3 rings (SSSR count). The zero-order valence-electron chi connectivity index (χ0n) is 13.5. The average Bonchev–Trinajstić information content (AvgIpc) is 2.62. The lowest BCUT2D eigenvalue weighted by Crippen LogP contribution is -2.10. The highest BCUT2D eigenvalue weighted by Gasteiger charge is 2.23. The van der Waals surface area contributed by atoms with Crippen LogP contribution in [-0.2, 0) is 11.2 Å². The van der Waals surface area contributed by atoms with E-state index in [1.165, 1.54) is 11.1 Å². The van der Waals surface area contributed by atoms with Gasteiger partial charge in [-0.15, -0.1) is 0 Å². The predicted molar refractivity (Wildman–Crippen MR) is 92.9 cm³/mol. The number of fused-ring (bicyclic) bond motifs is 1. The van der Waals surface area contributed by atoms with Crippen molar-refractivity contribution in [3.05, 3.63) is 58.8 Å². The van der Waals surface area contributed by atoms with Gasteiger partial charge in [-0.2, -0.15) is 5.26 Å². The number of esters is 1. The lowest BCUT2D eigenvalue weighted by Gasteiger charge is -2.24. The van der Waals surface area contributed by atoms with Crippen LogP contribution in [0.4, 0.5) is 0 Å².